The molecule has 0 radical (unpaired) electrons. The number of ether oxygens (including phenoxy) is 1. The molecule has 0 saturated carbocycles. The molecule has 2 aromatic rings. The number of rotatable bonds is 4. The third kappa shape index (κ3) is 4.76. The fourth-order valence-electron chi connectivity index (χ4n) is 3.87. The van der Waals surface area contributed by atoms with Crippen molar-refractivity contribution in [2.45, 2.75) is 32.6 Å². The summed E-state index contributed by atoms with van der Waals surface area (Å²) in [5, 5.41) is -0.451. The number of benzene rings is 2. The van der Waals surface area contributed by atoms with Crippen LogP contribution in [-0.2, 0) is 16.1 Å². The lowest BCUT2D eigenvalue weighted by molar-refractivity contribution is -0.123. The maximum Gasteiger partial charge on any atom is 0.293 e. The van der Waals surface area contributed by atoms with Crippen molar-refractivity contribution in [3.63, 3.8) is 0 Å². The van der Waals surface area contributed by atoms with E-state index in [4.69, 9.17) is 4.74 Å². The Labute approximate surface area is 190 Å². The van der Waals surface area contributed by atoms with Gasteiger partial charge in [0.1, 0.15) is 5.82 Å². The van der Waals surface area contributed by atoms with E-state index in [0.29, 0.717) is 24.2 Å². The Morgan fingerprint density at radius 2 is 1.84 bits per heavy atom. The highest BCUT2D eigenvalue weighted by Gasteiger charge is 2.35. The third-order valence-electron chi connectivity index (χ3n) is 5.30. The third-order valence-corrected chi connectivity index (χ3v) is 6.21. The van der Waals surface area contributed by atoms with E-state index in [1.807, 2.05) is 13.8 Å². The number of carbonyl (C=O) groups excluding carboxylic acids is 3. The van der Waals surface area contributed by atoms with Gasteiger partial charge in [0.2, 0.25) is 0 Å². The van der Waals surface area contributed by atoms with E-state index in [9.17, 15) is 18.8 Å². The Balaban J connectivity index is 1.52. The van der Waals surface area contributed by atoms with Crippen molar-refractivity contribution < 1.29 is 23.5 Å². The van der Waals surface area contributed by atoms with Crippen molar-refractivity contribution in [2.24, 2.45) is 0 Å². The van der Waals surface area contributed by atoms with Crippen LogP contribution in [0.2, 0.25) is 0 Å². The van der Waals surface area contributed by atoms with Crippen molar-refractivity contribution in [3.05, 3.63) is 75.9 Å². The summed E-state index contributed by atoms with van der Waals surface area (Å²) in [6.45, 7) is 4.78. The highest BCUT2D eigenvalue weighted by atomic mass is 32.2. The van der Waals surface area contributed by atoms with Crippen LogP contribution in [0, 0.1) is 5.82 Å². The highest BCUT2D eigenvalue weighted by molar-refractivity contribution is 8.18. The van der Waals surface area contributed by atoms with Gasteiger partial charge in [0.15, 0.2) is 0 Å². The predicted molar refractivity (Wildman–Crippen MR) is 120 cm³/mol. The average molecular weight is 455 g/mol. The monoisotopic (exact) mass is 454 g/mol. The molecule has 32 heavy (non-hydrogen) atoms. The quantitative estimate of drug-likeness (QED) is 0.644. The van der Waals surface area contributed by atoms with Crippen LogP contribution in [0.3, 0.4) is 0 Å². The Morgan fingerprint density at radius 3 is 2.56 bits per heavy atom. The summed E-state index contributed by atoms with van der Waals surface area (Å²) in [7, 11) is 0. The molecule has 2 fully saturated rings. The van der Waals surface area contributed by atoms with E-state index in [-0.39, 0.29) is 35.1 Å². The summed E-state index contributed by atoms with van der Waals surface area (Å²) >= 11 is 0.809. The van der Waals surface area contributed by atoms with Gasteiger partial charge in [-0.05, 0) is 55.4 Å². The fraction of sp³-hybridized carbons (Fsp3) is 0.292. The van der Waals surface area contributed by atoms with Crippen LogP contribution in [0.4, 0.5) is 9.18 Å². The van der Waals surface area contributed by atoms with Gasteiger partial charge in [-0.3, -0.25) is 19.3 Å². The zero-order valence-electron chi connectivity index (χ0n) is 17.8. The molecular formula is C24H23FN2O4S. The number of imide groups is 1. The molecule has 2 aromatic carbocycles. The van der Waals surface area contributed by atoms with Crippen LogP contribution >= 0.6 is 11.8 Å². The number of hydrogen-bond donors (Lipinski definition) is 0. The molecular weight excluding hydrogens is 431 g/mol. The molecule has 0 spiro atoms. The van der Waals surface area contributed by atoms with Crippen molar-refractivity contribution >= 4 is 34.9 Å². The van der Waals surface area contributed by atoms with E-state index >= 15 is 0 Å². The average Bonchev–Trinajstić information content (AvgIpc) is 3.01. The van der Waals surface area contributed by atoms with Gasteiger partial charge in [-0.2, -0.15) is 0 Å². The molecule has 3 amide bonds. The van der Waals surface area contributed by atoms with Gasteiger partial charge in [-0.15, -0.1) is 0 Å². The van der Waals surface area contributed by atoms with Crippen molar-refractivity contribution in [2.75, 3.05) is 13.1 Å². The molecule has 0 bridgehead atoms. The molecule has 0 aliphatic carbocycles. The first-order valence-corrected chi connectivity index (χ1v) is 11.2. The number of halogens is 1. The molecule has 2 heterocycles. The summed E-state index contributed by atoms with van der Waals surface area (Å²) in [5.41, 5.74) is 1.42. The number of carbonyl (C=O) groups is 3. The molecule has 2 atom stereocenters. The largest absolute Gasteiger partial charge is 0.372 e. The second-order valence-electron chi connectivity index (χ2n) is 7.95. The standard InChI is InChI=1S/C24H23FN2O4S/c1-15-12-26(13-16(2)31-15)22(28)18-8-5-6-17(10-18)11-21-23(29)27(24(30)32-21)14-19-7-3-4-9-20(19)25/h3-11,15-16H,12-14H2,1-2H3/b21-11-/t15-,16-/m1/s1. The number of amides is 3. The van der Waals surface area contributed by atoms with Gasteiger partial charge >= 0.3 is 0 Å². The van der Waals surface area contributed by atoms with Crippen molar-refractivity contribution in [3.8, 4) is 0 Å². The Bertz CT molecular complexity index is 1090. The van der Waals surface area contributed by atoms with Crippen LogP contribution in [0.1, 0.15) is 35.3 Å². The molecule has 8 heteroatoms. The topological polar surface area (TPSA) is 66.9 Å². The summed E-state index contributed by atoms with van der Waals surface area (Å²) in [6, 6.07) is 13.0. The molecule has 2 aliphatic rings. The smallest absolute Gasteiger partial charge is 0.293 e. The highest BCUT2D eigenvalue weighted by Crippen LogP contribution is 2.33. The fourth-order valence-corrected chi connectivity index (χ4v) is 4.71. The van der Waals surface area contributed by atoms with E-state index in [0.717, 1.165) is 16.7 Å². The van der Waals surface area contributed by atoms with E-state index in [1.54, 1.807) is 53.4 Å². The lowest BCUT2D eigenvalue weighted by Crippen LogP contribution is -2.48. The maximum absolute atomic E-state index is 13.9. The minimum Gasteiger partial charge on any atom is -0.372 e. The molecule has 4 rings (SSSR count). The first-order valence-electron chi connectivity index (χ1n) is 10.4. The van der Waals surface area contributed by atoms with E-state index < -0.39 is 17.0 Å². The van der Waals surface area contributed by atoms with Gasteiger partial charge in [-0.1, -0.05) is 30.3 Å². The lowest BCUT2D eigenvalue weighted by Gasteiger charge is -2.35. The minimum absolute atomic E-state index is 0.0352. The van der Waals surface area contributed by atoms with Crippen molar-refractivity contribution in [1.29, 1.82) is 0 Å². The Morgan fingerprint density at radius 1 is 1.12 bits per heavy atom. The Kier molecular flexibility index (Phi) is 6.43. The van der Waals surface area contributed by atoms with Gasteiger partial charge in [0.05, 0.1) is 23.7 Å². The van der Waals surface area contributed by atoms with E-state index in [2.05, 4.69) is 0 Å². The Hall–Kier alpha value is -2.97. The normalized spacial score (nSPS) is 22.7. The van der Waals surface area contributed by atoms with Gasteiger partial charge in [0.25, 0.3) is 17.1 Å². The predicted octanol–water partition coefficient (Wildman–Crippen LogP) is 4.31. The van der Waals surface area contributed by atoms with E-state index in [1.165, 1.54) is 6.07 Å². The molecule has 2 aliphatic heterocycles. The second-order valence-corrected chi connectivity index (χ2v) is 8.95. The number of hydrogen-bond acceptors (Lipinski definition) is 5. The minimum atomic E-state index is -0.476. The zero-order chi connectivity index (χ0) is 22.8. The van der Waals surface area contributed by atoms with Crippen molar-refractivity contribution in [1.82, 2.24) is 9.80 Å². The molecule has 0 N–H and O–H groups in total. The van der Waals surface area contributed by atoms with Gasteiger partial charge < -0.3 is 9.64 Å². The zero-order valence-corrected chi connectivity index (χ0v) is 18.6. The van der Waals surface area contributed by atoms with Gasteiger partial charge in [0, 0.05) is 24.2 Å². The first-order chi connectivity index (χ1) is 15.3. The lowest BCUT2D eigenvalue weighted by atomic mass is 10.1. The molecule has 0 unspecified atom stereocenters. The summed E-state index contributed by atoms with van der Waals surface area (Å²) in [6.07, 6.45) is 1.52. The number of morpholine rings is 1. The molecule has 0 aromatic heterocycles. The summed E-state index contributed by atoms with van der Waals surface area (Å²) in [4.78, 5) is 41.2. The number of thioether (sulfide) groups is 1. The van der Waals surface area contributed by atoms with Crippen LogP contribution in [-0.4, -0.2) is 52.2 Å². The van der Waals surface area contributed by atoms with Crippen LogP contribution in [0.25, 0.3) is 6.08 Å². The summed E-state index contributed by atoms with van der Waals surface area (Å²) < 4.78 is 19.6. The van der Waals surface area contributed by atoms with Crippen LogP contribution in [0.5, 0.6) is 0 Å². The second kappa shape index (κ2) is 9.26. The first kappa shape index (κ1) is 22.2. The molecule has 2 saturated heterocycles. The maximum atomic E-state index is 13.9. The van der Waals surface area contributed by atoms with Crippen LogP contribution < -0.4 is 0 Å². The SMILES string of the molecule is C[C@@H]1CN(C(=O)c2cccc(/C=C3\SC(=O)N(Cc4ccccc4F)C3=O)c2)C[C@@H](C)O1. The molecule has 6 nitrogen and oxygen atoms in total. The summed E-state index contributed by atoms with van der Waals surface area (Å²) in [5.74, 6) is -1.04. The molecule has 166 valence electrons. The van der Waals surface area contributed by atoms with Crippen LogP contribution in [0.15, 0.2) is 53.4 Å². The number of nitrogens with zero attached hydrogens (tertiary/aromatic N) is 2. The van der Waals surface area contributed by atoms with Gasteiger partial charge in [-0.25, -0.2) is 4.39 Å².